The number of alkyl halides is 3. The minimum atomic E-state index is -4.60. The molecule has 4 rings (SSSR count). The minimum absolute atomic E-state index is 0.0769. The Bertz CT molecular complexity index is 1220. The molecule has 0 fully saturated rings. The van der Waals surface area contributed by atoms with Gasteiger partial charge in [0.15, 0.2) is 5.69 Å². The molecule has 180 valence electrons. The van der Waals surface area contributed by atoms with Gasteiger partial charge in [0.1, 0.15) is 11.5 Å². The number of anilines is 1. The Morgan fingerprint density at radius 1 is 1.35 bits per heavy atom. The molecule has 2 N–H and O–H groups in total. The van der Waals surface area contributed by atoms with E-state index in [0.29, 0.717) is 23.3 Å². The van der Waals surface area contributed by atoms with Crippen molar-refractivity contribution in [3.05, 3.63) is 52.6 Å². The van der Waals surface area contributed by atoms with Gasteiger partial charge in [-0.25, -0.2) is 9.97 Å². The smallest absolute Gasteiger partial charge is 0.383 e. The van der Waals surface area contributed by atoms with E-state index >= 15 is 0 Å². The zero-order valence-electron chi connectivity index (χ0n) is 18.8. The summed E-state index contributed by atoms with van der Waals surface area (Å²) in [5, 5.41) is 7.60. The van der Waals surface area contributed by atoms with Crippen LogP contribution in [0.5, 0.6) is 0 Å². The summed E-state index contributed by atoms with van der Waals surface area (Å²) in [6.07, 6.45) is -3.34. The average Bonchev–Trinajstić information content (AvgIpc) is 3.19. The molecule has 12 heteroatoms. The van der Waals surface area contributed by atoms with Crippen molar-refractivity contribution in [1.82, 2.24) is 25.1 Å². The number of nitrogen functional groups attached to an aromatic ring is 1. The lowest BCUT2D eigenvalue weighted by molar-refractivity contribution is -0.141. The third-order valence-corrected chi connectivity index (χ3v) is 5.70. The van der Waals surface area contributed by atoms with Crippen molar-refractivity contribution < 1.29 is 27.4 Å². The van der Waals surface area contributed by atoms with Gasteiger partial charge in [-0.15, -0.1) is 5.10 Å². The summed E-state index contributed by atoms with van der Waals surface area (Å²) in [5.74, 6) is -0.0738. The first kappa shape index (κ1) is 23.8. The van der Waals surface area contributed by atoms with Gasteiger partial charge in [-0.3, -0.25) is 4.79 Å². The highest BCUT2D eigenvalue weighted by molar-refractivity contribution is 5.97. The first-order valence-corrected chi connectivity index (χ1v) is 10.5. The monoisotopic (exact) mass is 476 g/mol. The second kappa shape index (κ2) is 9.11. The fourth-order valence-electron chi connectivity index (χ4n) is 3.96. The molecule has 3 aromatic heterocycles. The Hall–Kier alpha value is -3.38. The van der Waals surface area contributed by atoms with Crippen molar-refractivity contribution >= 4 is 22.6 Å². The quantitative estimate of drug-likeness (QED) is 0.576. The Balaban J connectivity index is 1.68. The van der Waals surface area contributed by atoms with Crippen molar-refractivity contribution in [1.29, 1.82) is 0 Å². The van der Waals surface area contributed by atoms with E-state index in [-0.39, 0.29) is 30.6 Å². The maximum atomic E-state index is 13.5. The van der Waals surface area contributed by atoms with E-state index < -0.39 is 23.8 Å². The number of nitrogens with zero attached hydrogens (tertiary/aromatic N) is 5. The van der Waals surface area contributed by atoms with Gasteiger partial charge in [0.2, 0.25) is 0 Å². The molecular weight excluding hydrogens is 453 g/mol. The van der Waals surface area contributed by atoms with Crippen LogP contribution in [0.4, 0.5) is 19.0 Å². The summed E-state index contributed by atoms with van der Waals surface area (Å²) in [4.78, 5) is 23.6. The molecule has 0 bridgehead atoms. The highest BCUT2D eigenvalue weighted by atomic mass is 19.4. The first-order chi connectivity index (χ1) is 16.1. The molecule has 0 radical (unpaired) electrons. The average molecular weight is 476 g/mol. The molecule has 0 saturated heterocycles. The molecule has 4 heterocycles. The van der Waals surface area contributed by atoms with E-state index in [0.717, 1.165) is 17.2 Å². The summed E-state index contributed by atoms with van der Waals surface area (Å²) >= 11 is 0. The van der Waals surface area contributed by atoms with Gasteiger partial charge in [-0.05, 0) is 37.6 Å². The summed E-state index contributed by atoms with van der Waals surface area (Å²) in [7, 11) is 1.49. The van der Waals surface area contributed by atoms with Gasteiger partial charge in [0.25, 0.3) is 5.91 Å². The fourth-order valence-corrected chi connectivity index (χ4v) is 3.96. The molecule has 34 heavy (non-hydrogen) atoms. The number of methoxy groups -OCH3 is 1. The molecule has 0 unspecified atom stereocenters. The fraction of sp³-hybridized carbons (Fsp3) is 0.409. The third-order valence-electron chi connectivity index (χ3n) is 5.70. The van der Waals surface area contributed by atoms with Crippen LogP contribution in [0.15, 0.2) is 24.4 Å². The van der Waals surface area contributed by atoms with Crippen LogP contribution in [-0.2, 0) is 28.8 Å². The second-order valence-electron chi connectivity index (χ2n) is 8.07. The van der Waals surface area contributed by atoms with Crippen molar-refractivity contribution in [2.24, 2.45) is 0 Å². The molecule has 3 aromatic rings. The van der Waals surface area contributed by atoms with E-state index in [2.05, 4.69) is 20.2 Å². The number of ether oxygens (including phenoxy) is 2. The zero-order valence-corrected chi connectivity index (χ0v) is 18.8. The van der Waals surface area contributed by atoms with E-state index in [1.165, 1.54) is 24.3 Å². The number of carbonyl (C=O) groups excluding carboxylic acids is 1. The molecule has 0 spiro atoms. The maximum Gasteiger partial charge on any atom is 0.435 e. The Morgan fingerprint density at radius 3 is 2.76 bits per heavy atom. The minimum Gasteiger partial charge on any atom is -0.383 e. The second-order valence-corrected chi connectivity index (χ2v) is 8.07. The maximum absolute atomic E-state index is 13.5. The number of halogens is 3. The van der Waals surface area contributed by atoms with Gasteiger partial charge in [-0.2, -0.15) is 18.3 Å². The highest BCUT2D eigenvalue weighted by Crippen LogP contribution is 2.38. The predicted molar refractivity (Wildman–Crippen MR) is 115 cm³/mol. The topological polar surface area (TPSA) is 116 Å². The molecule has 1 aliphatic heterocycles. The highest BCUT2D eigenvalue weighted by Gasteiger charge is 2.33. The van der Waals surface area contributed by atoms with Crippen LogP contribution >= 0.6 is 0 Å². The van der Waals surface area contributed by atoms with E-state index in [1.54, 1.807) is 13.0 Å². The van der Waals surface area contributed by atoms with E-state index in [4.69, 9.17) is 15.2 Å². The molecule has 1 amide bonds. The number of fused-ring (bicyclic) bond motifs is 3. The number of nitrogens with two attached hydrogens (primary N) is 1. The lowest BCUT2D eigenvalue weighted by Crippen LogP contribution is -2.41. The Morgan fingerprint density at radius 2 is 2.12 bits per heavy atom. The lowest BCUT2D eigenvalue weighted by Gasteiger charge is -2.28. The van der Waals surface area contributed by atoms with Crippen LogP contribution in [0, 0.1) is 0 Å². The van der Waals surface area contributed by atoms with Gasteiger partial charge in [-0.1, -0.05) is 0 Å². The van der Waals surface area contributed by atoms with Crippen LogP contribution in [0.1, 0.15) is 53.0 Å². The van der Waals surface area contributed by atoms with Gasteiger partial charge < -0.3 is 20.1 Å². The number of hydrogen-bond donors (Lipinski definition) is 1. The number of aromatic nitrogens is 4. The Kier molecular flexibility index (Phi) is 6.36. The SMILES string of the molecule is COC[C@H](C)N(Cc1ccc(C(F)(F)F)nn1)C(=O)c1cc2c3c(c(N)nc2cn1)[C@@H](C)OC3. The van der Waals surface area contributed by atoms with Gasteiger partial charge in [0.05, 0.1) is 49.3 Å². The van der Waals surface area contributed by atoms with Crippen LogP contribution in [-0.4, -0.2) is 50.7 Å². The molecular formula is C22H23F3N6O3. The van der Waals surface area contributed by atoms with Crippen LogP contribution < -0.4 is 5.73 Å². The zero-order chi connectivity index (χ0) is 24.6. The molecule has 1 aliphatic rings. The summed E-state index contributed by atoms with van der Waals surface area (Å²) in [6, 6.07) is 3.25. The molecule has 0 aromatic carbocycles. The summed E-state index contributed by atoms with van der Waals surface area (Å²) in [5.41, 5.74) is 7.50. The number of hydrogen-bond acceptors (Lipinski definition) is 8. The van der Waals surface area contributed by atoms with Crippen molar-refractivity contribution in [2.45, 2.75) is 45.3 Å². The molecule has 0 aliphatic carbocycles. The van der Waals surface area contributed by atoms with Crippen molar-refractivity contribution in [3.8, 4) is 0 Å². The number of amides is 1. The summed E-state index contributed by atoms with van der Waals surface area (Å²) in [6.45, 7) is 4.10. The standard InChI is InChI=1S/C22H23F3N6O3/c1-11(9-33-3)31(8-13-4-5-18(30-29-13)22(23,24)25)21(32)16-6-14-15-10-34-12(2)19(15)20(26)28-17(14)7-27-16/h4-7,11-12H,8-10H2,1-3H3,(H2,26,28)/t11-,12+/m0/s1. The van der Waals surface area contributed by atoms with Gasteiger partial charge in [0, 0.05) is 18.1 Å². The summed E-state index contributed by atoms with van der Waals surface area (Å²) < 4.78 is 49.3. The van der Waals surface area contributed by atoms with Gasteiger partial charge >= 0.3 is 6.18 Å². The van der Waals surface area contributed by atoms with Crippen molar-refractivity contribution in [2.75, 3.05) is 19.5 Å². The van der Waals surface area contributed by atoms with Crippen LogP contribution in [0.25, 0.3) is 10.9 Å². The molecule has 2 atom stereocenters. The number of pyridine rings is 2. The van der Waals surface area contributed by atoms with Crippen molar-refractivity contribution in [3.63, 3.8) is 0 Å². The largest absolute Gasteiger partial charge is 0.435 e. The van der Waals surface area contributed by atoms with Crippen LogP contribution in [0.3, 0.4) is 0 Å². The number of rotatable bonds is 6. The molecule has 9 nitrogen and oxygen atoms in total. The van der Waals surface area contributed by atoms with E-state index in [1.807, 2.05) is 6.92 Å². The third kappa shape index (κ3) is 4.50. The molecule has 0 saturated carbocycles. The number of carbonyl (C=O) groups is 1. The predicted octanol–water partition coefficient (Wildman–Crippen LogP) is 3.29. The lowest BCUT2D eigenvalue weighted by atomic mass is 10.0. The Labute approximate surface area is 193 Å². The van der Waals surface area contributed by atoms with E-state index in [9.17, 15) is 18.0 Å². The normalized spacial score (nSPS) is 16.5. The van der Waals surface area contributed by atoms with Crippen LogP contribution in [0.2, 0.25) is 0 Å². The first-order valence-electron chi connectivity index (χ1n) is 10.5.